The van der Waals surface area contributed by atoms with Crippen LogP contribution in [0.2, 0.25) is 0 Å². The van der Waals surface area contributed by atoms with E-state index in [0.29, 0.717) is 18.8 Å². The number of hydrogen-bond acceptors (Lipinski definition) is 3. The van der Waals surface area contributed by atoms with Crippen LogP contribution in [0.3, 0.4) is 0 Å². The number of ether oxygens (including phenoxy) is 1. The van der Waals surface area contributed by atoms with Crippen molar-refractivity contribution < 1.29 is 14.3 Å². The third-order valence-electron chi connectivity index (χ3n) is 3.37. The van der Waals surface area contributed by atoms with Crippen LogP contribution < -0.4 is 0 Å². The zero-order valence-electron chi connectivity index (χ0n) is 13.6. The summed E-state index contributed by atoms with van der Waals surface area (Å²) in [6, 6.07) is 0. The molecule has 118 valence electrons. The van der Waals surface area contributed by atoms with Gasteiger partial charge in [-0.15, -0.1) is 0 Å². The second-order valence-electron chi connectivity index (χ2n) is 6.00. The standard InChI is InChI=1S/C17H32O3/c1-4-5-6-7-8-9-13-16(18)20-17(19)14-11-10-12-15(2)3/h15H,4-14H2,1-3H3. The van der Waals surface area contributed by atoms with E-state index in [0.717, 1.165) is 32.1 Å². The van der Waals surface area contributed by atoms with Gasteiger partial charge in [0.25, 0.3) is 0 Å². The van der Waals surface area contributed by atoms with Crippen molar-refractivity contribution in [2.24, 2.45) is 5.92 Å². The molecule has 0 unspecified atom stereocenters. The highest BCUT2D eigenvalue weighted by Gasteiger charge is 2.09. The number of esters is 2. The highest BCUT2D eigenvalue weighted by molar-refractivity contribution is 5.85. The lowest BCUT2D eigenvalue weighted by Crippen LogP contribution is -2.11. The molecule has 0 aliphatic heterocycles. The zero-order valence-corrected chi connectivity index (χ0v) is 13.6. The molecule has 20 heavy (non-hydrogen) atoms. The minimum absolute atomic E-state index is 0.352. The van der Waals surface area contributed by atoms with Crippen LogP contribution in [-0.2, 0) is 14.3 Å². The van der Waals surface area contributed by atoms with Crippen molar-refractivity contribution in [3.8, 4) is 0 Å². The highest BCUT2D eigenvalue weighted by Crippen LogP contribution is 2.10. The largest absolute Gasteiger partial charge is 0.393 e. The monoisotopic (exact) mass is 284 g/mol. The average Bonchev–Trinajstić information content (AvgIpc) is 2.38. The van der Waals surface area contributed by atoms with Gasteiger partial charge in [0.1, 0.15) is 0 Å². The van der Waals surface area contributed by atoms with Gasteiger partial charge < -0.3 is 4.74 Å². The maximum Gasteiger partial charge on any atom is 0.313 e. The van der Waals surface area contributed by atoms with Crippen LogP contribution in [0.1, 0.15) is 91.4 Å². The van der Waals surface area contributed by atoms with Crippen LogP contribution in [0.4, 0.5) is 0 Å². The normalized spacial score (nSPS) is 10.8. The molecule has 0 atom stereocenters. The summed E-state index contributed by atoms with van der Waals surface area (Å²) in [5, 5.41) is 0. The summed E-state index contributed by atoms with van der Waals surface area (Å²) in [5.74, 6) is -0.0422. The fourth-order valence-corrected chi connectivity index (χ4v) is 2.10. The van der Waals surface area contributed by atoms with Gasteiger partial charge in [-0.1, -0.05) is 65.7 Å². The van der Waals surface area contributed by atoms with Crippen molar-refractivity contribution in [1.29, 1.82) is 0 Å². The Balaban J connectivity index is 3.43. The van der Waals surface area contributed by atoms with E-state index in [4.69, 9.17) is 4.74 Å². The second-order valence-corrected chi connectivity index (χ2v) is 6.00. The molecule has 3 nitrogen and oxygen atoms in total. The molecule has 0 spiro atoms. The van der Waals surface area contributed by atoms with Crippen molar-refractivity contribution in [3.05, 3.63) is 0 Å². The summed E-state index contributed by atoms with van der Waals surface area (Å²) >= 11 is 0. The number of carbonyl (C=O) groups excluding carboxylic acids is 2. The fourth-order valence-electron chi connectivity index (χ4n) is 2.10. The van der Waals surface area contributed by atoms with E-state index in [1.54, 1.807) is 0 Å². The van der Waals surface area contributed by atoms with Gasteiger partial charge in [0, 0.05) is 12.8 Å². The topological polar surface area (TPSA) is 43.4 Å². The first-order chi connectivity index (χ1) is 9.56. The van der Waals surface area contributed by atoms with E-state index in [-0.39, 0.29) is 11.9 Å². The number of rotatable bonds is 12. The molecule has 0 fully saturated rings. The molecule has 0 heterocycles. The molecular formula is C17H32O3. The number of hydrogen-bond donors (Lipinski definition) is 0. The summed E-state index contributed by atoms with van der Waals surface area (Å²) in [5.41, 5.74) is 0. The second kappa shape index (κ2) is 13.1. The van der Waals surface area contributed by atoms with Gasteiger partial charge in [-0.2, -0.15) is 0 Å². The first kappa shape index (κ1) is 19.1. The third-order valence-corrected chi connectivity index (χ3v) is 3.37. The summed E-state index contributed by atoms with van der Waals surface area (Å²) in [4.78, 5) is 22.9. The maximum atomic E-state index is 11.4. The van der Waals surface area contributed by atoms with E-state index in [1.165, 1.54) is 25.7 Å². The Bertz CT molecular complexity index is 259. The minimum atomic E-state index is -0.357. The Kier molecular flexibility index (Phi) is 12.6. The Morgan fingerprint density at radius 2 is 1.30 bits per heavy atom. The van der Waals surface area contributed by atoms with Crippen LogP contribution in [0, 0.1) is 5.92 Å². The number of carbonyl (C=O) groups is 2. The van der Waals surface area contributed by atoms with Gasteiger partial charge in [0.2, 0.25) is 0 Å². The van der Waals surface area contributed by atoms with Crippen molar-refractivity contribution in [1.82, 2.24) is 0 Å². The Morgan fingerprint density at radius 3 is 1.85 bits per heavy atom. The van der Waals surface area contributed by atoms with Crippen LogP contribution in [-0.4, -0.2) is 11.9 Å². The molecule has 3 heteroatoms. The van der Waals surface area contributed by atoms with Gasteiger partial charge in [-0.25, -0.2) is 0 Å². The van der Waals surface area contributed by atoms with Gasteiger partial charge in [-0.05, 0) is 18.8 Å². The van der Waals surface area contributed by atoms with E-state index in [1.807, 2.05) is 0 Å². The lowest BCUT2D eigenvalue weighted by Gasteiger charge is -2.05. The molecule has 0 bridgehead atoms. The summed E-state index contributed by atoms with van der Waals surface area (Å²) in [7, 11) is 0. The molecule has 0 N–H and O–H groups in total. The lowest BCUT2D eigenvalue weighted by atomic mass is 10.1. The van der Waals surface area contributed by atoms with Crippen molar-refractivity contribution in [2.75, 3.05) is 0 Å². The quantitative estimate of drug-likeness (QED) is 0.287. The third kappa shape index (κ3) is 13.6. The Hall–Kier alpha value is -0.860. The molecule has 0 rings (SSSR count). The predicted octanol–water partition coefficient (Wildman–Crippen LogP) is 5.02. The van der Waals surface area contributed by atoms with Crippen LogP contribution in [0.5, 0.6) is 0 Å². The van der Waals surface area contributed by atoms with Crippen molar-refractivity contribution in [2.45, 2.75) is 91.4 Å². The van der Waals surface area contributed by atoms with E-state index in [2.05, 4.69) is 20.8 Å². The van der Waals surface area contributed by atoms with Gasteiger partial charge in [-0.3, -0.25) is 9.59 Å². The molecule has 0 aromatic rings. The Morgan fingerprint density at radius 1 is 0.800 bits per heavy atom. The molecule has 0 saturated heterocycles. The van der Waals surface area contributed by atoms with E-state index >= 15 is 0 Å². The molecule has 0 aromatic carbocycles. The first-order valence-corrected chi connectivity index (χ1v) is 8.29. The van der Waals surface area contributed by atoms with Crippen LogP contribution >= 0.6 is 0 Å². The molecule has 0 aliphatic carbocycles. The minimum Gasteiger partial charge on any atom is -0.393 e. The first-order valence-electron chi connectivity index (χ1n) is 8.29. The Labute approximate surface area is 124 Å². The van der Waals surface area contributed by atoms with E-state index in [9.17, 15) is 9.59 Å². The predicted molar refractivity (Wildman–Crippen MR) is 82.4 cm³/mol. The van der Waals surface area contributed by atoms with Crippen molar-refractivity contribution >= 4 is 11.9 Å². The molecular weight excluding hydrogens is 252 g/mol. The summed E-state index contributed by atoms with van der Waals surface area (Å²) in [6.07, 6.45) is 10.5. The molecule has 0 aliphatic rings. The fraction of sp³-hybridized carbons (Fsp3) is 0.882. The smallest absolute Gasteiger partial charge is 0.313 e. The molecule has 0 amide bonds. The van der Waals surface area contributed by atoms with Crippen LogP contribution in [0.25, 0.3) is 0 Å². The maximum absolute atomic E-state index is 11.4. The SMILES string of the molecule is CCCCCCCCC(=O)OC(=O)CCCCC(C)C. The van der Waals surface area contributed by atoms with E-state index < -0.39 is 0 Å². The average molecular weight is 284 g/mol. The van der Waals surface area contributed by atoms with Crippen molar-refractivity contribution in [3.63, 3.8) is 0 Å². The van der Waals surface area contributed by atoms with Gasteiger partial charge in [0.05, 0.1) is 0 Å². The zero-order chi connectivity index (χ0) is 15.2. The lowest BCUT2D eigenvalue weighted by molar-refractivity contribution is -0.159. The molecule has 0 saturated carbocycles. The summed E-state index contributed by atoms with van der Waals surface area (Å²) in [6.45, 7) is 6.52. The summed E-state index contributed by atoms with van der Waals surface area (Å²) < 4.78 is 4.81. The van der Waals surface area contributed by atoms with Gasteiger partial charge in [0.15, 0.2) is 0 Å². The van der Waals surface area contributed by atoms with Crippen LogP contribution in [0.15, 0.2) is 0 Å². The molecule has 0 aromatic heterocycles. The van der Waals surface area contributed by atoms with Gasteiger partial charge >= 0.3 is 11.9 Å². The highest BCUT2D eigenvalue weighted by atomic mass is 16.6. The molecule has 0 radical (unpaired) electrons. The number of unbranched alkanes of at least 4 members (excludes halogenated alkanes) is 6.